The Morgan fingerprint density at radius 1 is 1.19 bits per heavy atom. The van der Waals surface area contributed by atoms with Gasteiger partial charge in [-0.15, -0.1) is 0 Å². The van der Waals surface area contributed by atoms with Gasteiger partial charge in [0.2, 0.25) is 0 Å². The minimum Gasteiger partial charge on any atom is -0.446 e. The molecule has 3 aliphatic rings. The Hall–Kier alpha value is -2.28. The van der Waals surface area contributed by atoms with Crippen molar-refractivity contribution in [1.82, 2.24) is 10.2 Å². The van der Waals surface area contributed by atoms with Crippen LogP contribution in [0.4, 0.5) is 9.59 Å². The number of unbranched alkanes of at least 4 members (excludes halogenated alkanes) is 1. The van der Waals surface area contributed by atoms with E-state index in [0.717, 1.165) is 51.4 Å². The lowest BCUT2D eigenvalue weighted by Crippen LogP contribution is -2.55. The van der Waals surface area contributed by atoms with Gasteiger partial charge in [-0.3, -0.25) is 4.90 Å². The second-order valence-corrected chi connectivity index (χ2v) is 12.3. The summed E-state index contributed by atoms with van der Waals surface area (Å²) in [6.45, 7) is 12.9. The first-order chi connectivity index (χ1) is 16.9. The van der Waals surface area contributed by atoms with Crippen LogP contribution >= 0.6 is 0 Å². The largest absolute Gasteiger partial charge is 0.446 e. The van der Waals surface area contributed by atoms with Gasteiger partial charge in [0.1, 0.15) is 17.4 Å². The third kappa shape index (κ3) is 5.82. The smallest absolute Gasteiger partial charge is 0.413 e. The topological polar surface area (TPSA) is 77.1 Å². The normalized spacial score (nSPS) is 27.1. The Bertz CT molecular complexity index is 969. The predicted molar refractivity (Wildman–Crippen MR) is 139 cm³/mol. The molecule has 1 saturated heterocycles. The summed E-state index contributed by atoms with van der Waals surface area (Å²) < 4.78 is 17.6. The Balaban J connectivity index is 1.42. The second kappa shape index (κ2) is 10.2. The molecule has 7 heteroatoms. The number of alkyl carbamates (subject to hydrolysis) is 1. The molecule has 3 atom stereocenters. The molecule has 2 aliphatic carbocycles. The van der Waals surface area contributed by atoms with Crippen molar-refractivity contribution >= 4 is 12.2 Å². The first kappa shape index (κ1) is 26.8. The van der Waals surface area contributed by atoms with E-state index < -0.39 is 11.3 Å². The zero-order valence-corrected chi connectivity index (χ0v) is 22.9. The van der Waals surface area contributed by atoms with Gasteiger partial charge < -0.3 is 19.5 Å². The number of aryl methyl sites for hydroxylation is 1. The molecule has 1 N–H and O–H groups in total. The molecule has 1 saturated carbocycles. The summed E-state index contributed by atoms with van der Waals surface area (Å²) in [5.41, 5.74) is 2.37. The van der Waals surface area contributed by atoms with Gasteiger partial charge in [-0.1, -0.05) is 31.5 Å². The minimum absolute atomic E-state index is 0.0695. The molecular weight excluding hydrogens is 456 g/mol. The molecule has 4 rings (SSSR count). The number of fused-ring (bicyclic) bond motifs is 1. The van der Waals surface area contributed by atoms with E-state index in [-0.39, 0.29) is 23.8 Å². The molecule has 0 bridgehead atoms. The average Bonchev–Trinajstić information content (AvgIpc) is 3.32. The van der Waals surface area contributed by atoms with E-state index in [2.05, 4.69) is 30.4 Å². The molecule has 7 nitrogen and oxygen atoms in total. The molecule has 1 spiro atoms. The Morgan fingerprint density at radius 3 is 2.69 bits per heavy atom. The lowest BCUT2D eigenvalue weighted by Gasteiger charge is -2.40. The number of ether oxygens (including phenoxy) is 3. The number of hydrogen-bond donors (Lipinski definition) is 1. The maximum atomic E-state index is 13.2. The number of carbonyl (C=O) groups excluding carboxylic acids is 2. The number of nitrogens with one attached hydrogen (secondary N) is 1. The zero-order chi connectivity index (χ0) is 26.1. The maximum absolute atomic E-state index is 13.2. The highest BCUT2D eigenvalue weighted by Crippen LogP contribution is 2.51. The average molecular weight is 501 g/mol. The van der Waals surface area contributed by atoms with Crippen molar-refractivity contribution in [2.45, 2.75) is 122 Å². The van der Waals surface area contributed by atoms with Crippen LogP contribution in [0.15, 0.2) is 18.2 Å². The van der Waals surface area contributed by atoms with Crippen LogP contribution in [0.5, 0.6) is 0 Å². The van der Waals surface area contributed by atoms with Crippen molar-refractivity contribution in [3.8, 4) is 0 Å². The minimum atomic E-state index is -0.690. The van der Waals surface area contributed by atoms with Gasteiger partial charge in [-0.05, 0) is 95.8 Å². The van der Waals surface area contributed by atoms with E-state index in [0.29, 0.717) is 19.1 Å². The number of hydrogen-bond acceptors (Lipinski definition) is 5. The highest BCUT2D eigenvalue weighted by molar-refractivity contribution is 5.71. The van der Waals surface area contributed by atoms with Gasteiger partial charge in [0.25, 0.3) is 0 Å². The number of carbonyl (C=O) groups is 2. The van der Waals surface area contributed by atoms with Gasteiger partial charge in [0.05, 0.1) is 12.1 Å². The Labute approximate surface area is 216 Å². The van der Waals surface area contributed by atoms with E-state index >= 15 is 0 Å². The molecule has 36 heavy (non-hydrogen) atoms. The van der Waals surface area contributed by atoms with Crippen LogP contribution in [0, 0.1) is 0 Å². The summed E-state index contributed by atoms with van der Waals surface area (Å²) in [5, 5.41) is 2.85. The second-order valence-electron chi connectivity index (χ2n) is 12.3. The fraction of sp³-hybridized carbons (Fsp3) is 0.724. The number of nitrogens with zero attached hydrogens (tertiary/aromatic N) is 1. The van der Waals surface area contributed by atoms with Crippen molar-refractivity contribution in [3.63, 3.8) is 0 Å². The van der Waals surface area contributed by atoms with E-state index in [1.165, 1.54) is 16.7 Å². The van der Waals surface area contributed by atoms with Crippen molar-refractivity contribution in [2.24, 2.45) is 0 Å². The molecule has 1 aliphatic heterocycles. The van der Waals surface area contributed by atoms with Crippen LogP contribution in [0.25, 0.3) is 0 Å². The lowest BCUT2D eigenvalue weighted by molar-refractivity contribution is -0.0688. The van der Waals surface area contributed by atoms with E-state index in [1.807, 2.05) is 39.5 Å². The molecule has 0 aromatic heterocycles. The highest BCUT2D eigenvalue weighted by Gasteiger charge is 2.58. The zero-order valence-electron chi connectivity index (χ0n) is 22.9. The first-order valence-electron chi connectivity index (χ1n) is 13.7. The van der Waals surface area contributed by atoms with Crippen molar-refractivity contribution in [3.05, 3.63) is 34.9 Å². The van der Waals surface area contributed by atoms with Gasteiger partial charge >= 0.3 is 12.2 Å². The van der Waals surface area contributed by atoms with Crippen molar-refractivity contribution in [1.29, 1.82) is 0 Å². The monoisotopic (exact) mass is 500 g/mol. The highest BCUT2D eigenvalue weighted by atomic mass is 16.6. The summed E-state index contributed by atoms with van der Waals surface area (Å²) in [5.74, 6) is 0.371. The van der Waals surface area contributed by atoms with Gasteiger partial charge in [0.15, 0.2) is 0 Å². The number of amides is 2. The van der Waals surface area contributed by atoms with Gasteiger partial charge in [0, 0.05) is 13.0 Å². The molecule has 0 radical (unpaired) electrons. The van der Waals surface area contributed by atoms with E-state index in [1.54, 1.807) is 0 Å². The number of benzene rings is 1. The van der Waals surface area contributed by atoms with Crippen molar-refractivity contribution in [2.75, 3.05) is 13.2 Å². The van der Waals surface area contributed by atoms with E-state index in [4.69, 9.17) is 14.2 Å². The van der Waals surface area contributed by atoms with Gasteiger partial charge in [-0.25, -0.2) is 9.59 Å². The third-order valence-electron chi connectivity index (χ3n) is 7.83. The summed E-state index contributed by atoms with van der Waals surface area (Å²) in [6, 6.07) is 6.78. The van der Waals surface area contributed by atoms with Gasteiger partial charge in [-0.2, -0.15) is 0 Å². The summed E-state index contributed by atoms with van der Waals surface area (Å²) in [7, 11) is 0. The fourth-order valence-electron chi connectivity index (χ4n) is 6.11. The predicted octanol–water partition coefficient (Wildman–Crippen LogP) is 6.08. The Kier molecular flexibility index (Phi) is 7.61. The molecule has 2 fully saturated rings. The Morgan fingerprint density at radius 2 is 1.97 bits per heavy atom. The van der Waals surface area contributed by atoms with Crippen LogP contribution in [-0.2, 0) is 27.1 Å². The molecule has 1 aromatic rings. The molecule has 1 unspecified atom stereocenters. The molecular formula is C29H44N2O5. The molecule has 1 aromatic carbocycles. The van der Waals surface area contributed by atoms with E-state index in [9.17, 15) is 9.59 Å². The third-order valence-corrected chi connectivity index (χ3v) is 7.83. The van der Waals surface area contributed by atoms with Crippen LogP contribution in [0.1, 0.15) is 103 Å². The molecule has 2 amide bonds. The standard InChI is InChI=1S/C29H44N2O5/c1-7-8-15-30-25(32)35-24-12-11-20-16-21(9-10-22(20)17-24)23-13-14-29(18-23)19-34-28(5,6)31(29)26(33)36-27(2,3)4/h9-10,16,23-24H,7-8,11-15,17-19H2,1-6H3,(H,30,32)/t23-,24?,29+/m0/s1. The SMILES string of the molecule is CCCCNC(=O)OC1CCc2cc([C@H]3CC[C@]4(COC(C)(C)N4C(=O)OC(C)(C)C)C3)ccc2C1. The summed E-state index contributed by atoms with van der Waals surface area (Å²) in [6.07, 6.45) is 6.66. The van der Waals surface area contributed by atoms with Crippen molar-refractivity contribution < 1.29 is 23.8 Å². The van der Waals surface area contributed by atoms with Crippen LogP contribution < -0.4 is 5.32 Å². The fourth-order valence-corrected chi connectivity index (χ4v) is 6.11. The molecule has 200 valence electrons. The quantitative estimate of drug-likeness (QED) is 0.496. The van der Waals surface area contributed by atoms with Crippen LogP contribution in [0.2, 0.25) is 0 Å². The van der Waals surface area contributed by atoms with Crippen LogP contribution in [-0.4, -0.2) is 53.2 Å². The lowest BCUT2D eigenvalue weighted by atomic mass is 9.85. The molecule has 1 heterocycles. The summed E-state index contributed by atoms with van der Waals surface area (Å²) in [4.78, 5) is 27.2. The first-order valence-corrected chi connectivity index (χ1v) is 13.7. The van der Waals surface area contributed by atoms with Crippen LogP contribution in [0.3, 0.4) is 0 Å². The number of rotatable bonds is 5. The summed E-state index contributed by atoms with van der Waals surface area (Å²) >= 11 is 0. The maximum Gasteiger partial charge on any atom is 0.413 e.